The first-order valence-corrected chi connectivity index (χ1v) is 10.4. The van der Waals surface area contributed by atoms with Crippen LogP contribution in [0.25, 0.3) is 0 Å². The molecule has 6 nitrogen and oxygen atoms in total. The van der Waals surface area contributed by atoms with Crippen molar-refractivity contribution in [3.63, 3.8) is 0 Å². The monoisotopic (exact) mass is 472 g/mol. The number of nitrogens with one attached hydrogen (secondary N) is 1. The van der Waals surface area contributed by atoms with E-state index in [1.165, 1.54) is 6.08 Å². The predicted molar refractivity (Wildman–Crippen MR) is 121 cm³/mol. The number of hydrogen-bond donors (Lipinski definition) is 1. The molecule has 1 unspecified atom stereocenters. The molecular weight excluding hydrogens is 449 g/mol. The summed E-state index contributed by atoms with van der Waals surface area (Å²) in [7, 11) is 0. The summed E-state index contributed by atoms with van der Waals surface area (Å²) in [6.07, 6.45) is -2.94. The molecule has 1 N–H and O–H groups in total. The minimum absolute atomic E-state index is 0.0294. The summed E-state index contributed by atoms with van der Waals surface area (Å²) in [5.41, 5.74) is 0.425. The van der Waals surface area contributed by atoms with Gasteiger partial charge in [0.2, 0.25) is 5.88 Å². The lowest BCUT2D eigenvalue weighted by molar-refractivity contribution is -0.138. The fraction of sp³-hybridized carbons (Fsp3) is 0.200. The van der Waals surface area contributed by atoms with Crippen LogP contribution in [0.3, 0.4) is 0 Å². The lowest BCUT2D eigenvalue weighted by atomic mass is 10.2. The molecule has 3 aromatic rings. The molecule has 0 aliphatic heterocycles. The van der Waals surface area contributed by atoms with Crippen molar-refractivity contribution < 1.29 is 32.2 Å². The Hall–Kier alpha value is -4.01. The van der Waals surface area contributed by atoms with Gasteiger partial charge in [0.25, 0.3) is 0 Å². The van der Waals surface area contributed by atoms with Gasteiger partial charge in [-0.3, -0.25) is 0 Å². The highest BCUT2D eigenvalue weighted by atomic mass is 19.4. The lowest BCUT2D eigenvalue weighted by Gasteiger charge is -2.20. The van der Waals surface area contributed by atoms with Gasteiger partial charge in [0.1, 0.15) is 17.6 Å². The fourth-order valence-corrected chi connectivity index (χ4v) is 2.84. The van der Waals surface area contributed by atoms with Crippen LogP contribution in [0, 0.1) is 0 Å². The molecule has 2 aromatic carbocycles. The van der Waals surface area contributed by atoms with Crippen molar-refractivity contribution in [1.29, 1.82) is 0 Å². The van der Waals surface area contributed by atoms with Crippen molar-refractivity contribution in [2.45, 2.75) is 26.1 Å². The van der Waals surface area contributed by atoms with Gasteiger partial charge in [-0.2, -0.15) is 13.2 Å². The van der Waals surface area contributed by atoms with Gasteiger partial charge in [-0.1, -0.05) is 18.2 Å². The molecule has 0 saturated heterocycles. The van der Waals surface area contributed by atoms with Crippen LogP contribution >= 0.6 is 0 Å². The number of nitrogens with zero attached hydrogens (tertiary/aromatic N) is 1. The highest BCUT2D eigenvalue weighted by molar-refractivity contribution is 5.83. The summed E-state index contributed by atoms with van der Waals surface area (Å²) in [6.45, 7) is 3.75. The van der Waals surface area contributed by atoms with E-state index in [2.05, 4.69) is 10.3 Å². The summed E-state index contributed by atoms with van der Waals surface area (Å²) in [5, 5.41) is 3.17. The minimum Gasteiger partial charge on any atom is -0.485 e. The number of rotatable bonds is 9. The van der Waals surface area contributed by atoms with Gasteiger partial charge in [-0.05, 0) is 56.3 Å². The van der Waals surface area contributed by atoms with Crippen molar-refractivity contribution in [1.82, 2.24) is 4.98 Å². The molecule has 34 heavy (non-hydrogen) atoms. The maximum absolute atomic E-state index is 12.7. The smallest absolute Gasteiger partial charge is 0.417 e. The standard InChI is InChI=1S/C25H23F3N2O4/c1-3-32-24(31)15-22(30-19-7-5-4-6-8-19)17(2)33-20-10-12-21(13-11-20)34-23-14-9-18(16-29-23)25(26,27)28/h4-17,30H,3H2,1-2H3. The quantitative estimate of drug-likeness (QED) is 0.295. The Morgan fingerprint density at radius 3 is 2.29 bits per heavy atom. The van der Waals surface area contributed by atoms with Crippen molar-refractivity contribution in [2.24, 2.45) is 0 Å². The Kier molecular flexibility index (Phi) is 8.13. The van der Waals surface area contributed by atoms with E-state index in [1.54, 1.807) is 38.1 Å². The van der Waals surface area contributed by atoms with Crippen LogP contribution in [0.15, 0.2) is 84.7 Å². The van der Waals surface area contributed by atoms with E-state index >= 15 is 0 Å². The van der Waals surface area contributed by atoms with Gasteiger partial charge in [0.05, 0.1) is 17.9 Å². The summed E-state index contributed by atoms with van der Waals surface area (Å²) in [4.78, 5) is 15.7. The molecule has 0 amide bonds. The first-order chi connectivity index (χ1) is 16.2. The van der Waals surface area contributed by atoms with Gasteiger partial charge in [-0.25, -0.2) is 9.78 Å². The second-order valence-electron chi connectivity index (χ2n) is 7.06. The molecule has 0 saturated carbocycles. The van der Waals surface area contributed by atoms with Crippen LogP contribution in [0.1, 0.15) is 19.4 Å². The summed E-state index contributed by atoms with van der Waals surface area (Å²) < 4.78 is 54.4. The molecule has 1 aromatic heterocycles. The van der Waals surface area contributed by atoms with Crippen LogP contribution in [0.4, 0.5) is 18.9 Å². The van der Waals surface area contributed by atoms with Crippen molar-refractivity contribution >= 4 is 11.7 Å². The third kappa shape index (κ3) is 7.26. The molecule has 178 valence electrons. The van der Waals surface area contributed by atoms with Crippen LogP contribution in [-0.2, 0) is 15.7 Å². The second-order valence-corrected chi connectivity index (χ2v) is 7.06. The number of pyridine rings is 1. The fourth-order valence-electron chi connectivity index (χ4n) is 2.84. The predicted octanol–water partition coefficient (Wildman–Crippen LogP) is 6.22. The Balaban J connectivity index is 1.67. The van der Waals surface area contributed by atoms with Crippen LogP contribution in [0.2, 0.25) is 0 Å². The highest BCUT2D eigenvalue weighted by Gasteiger charge is 2.30. The molecule has 1 atom stereocenters. The van der Waals surface area contributed by atoms with E-state index in [-0.39, 0.29) is 12.5 Å². The second kappa shape index (κ2) is 11.2. The molecule has 1 heterocycles. The lowest BCUT2D eigenvalue weighted by Crippen LogP contribution is -2.22. The molecule has 0 aliphatic carbocycles. The molecule has 0 radical (unpaired) electrons. The van der Waals surface area contributed by atoms with E-state index in [1.807, 2.05) is 30.3 Å². The molecule has 0 bridgehead atoms. The normalized spacial score (nSPS) is 12.6. The van der Waals surface area contributed by atoms with E-state index in [0.29, 0.717) is 23.4 Å². The number of anilines is 1. The van der Waals surface area contributed by atoms with Crippen molar-refractivity contribution in [2.75, 3.05) is 11.9 Å². The number of carbonyl (C=O) groups excluding carboxylic acids is 1. The van der Waals surface area contributed by atoms with E-state index < -0.39 is 23.8 Å². The van der Waals surface area contributed by atoms with Gasteiger partial charge in [-0.15, -0.1) is 0 Å². The van der Waals surface area contributed by atoms with Crippen molar-refractivity contribution in [3.8, 4) is 17.4 Å². The molecular formula is C25H23F3N2O4. The third-order valence-corrected chi connectivity index (χ3v) is 4.48. The minimum atomic E-state index is -4.46. The number of hydrogen-bond acceptors (Lipinski definition) is 6. The average Bonchev–Trinajstić information content (AvgIpc) is 2.80. The number of ether oxygens (including phenoxy) is 3. The Bertz CT molecular complexity index is 1100. The maximum Gasteiger partial charge on any atom is 0.417 e. The molecule has 9 heteroatoms. The first-order valence-electron chi connectivity index (χ1n) is 10.4. The summed E-state index contributed by atoms with van der Waals surface area (Å²) in [6, 6.07) is 17.8. The van der Waals surface area contributed by atoms with E-state index in [4.69, 9.17) is 14.2 Å². The van der Waals surface area contributed by atoms with Gasteiger partial charge < -0.3 is 19.5 Å². The van der Waals surface area contributed by atoms with Gasteiger partial charge in [0, 0.05) is 24.0 Å². The third-order valence-electron chi connectivity index (χ3n) is 4.48. The number of alkyl halides is 3. The number of carbonyl (C=O) groups is 1. The van der Waals surface area contributed by atoms with E-state index in [0.717, 1.165) is 17.8 Å². The summed E-state index contributed by atoms with van der Waals surface area (Å²) in [5.74, 6) is 0.396. The summed E-state index contributed by atoms with van der Waals surface area (Å²) >= 11 is 0. The van der Waals surface area contributed by atoms with Crippen LogP contribution in [0.5, 0.6) is 17.4 Å². The highest BCUT2D eigenvalue weighted by Crippen LogP contribution is 2.30. The number of para-hydroxylation sites is 1. The number of halogens is 3. The number of benzene rings is 2. The number of esters is 1. The zero-order valence-corrected chi connectivity index (χ0v) is 18.5. The average molecular weight is 472 g/mol. The Labute approximate surface area is 195 Å². The topological polar surface area (TPSA) is 69.7 Å². The van der Waals surface area contributed by atoms with Gasteiger partial charge >= 0.3 is 12.1 Å². The zero-order valence-electron chi connectivity index (χ0n) is 18.5. The SMILES string of the molecule is CCOC(=O)C=C(Nc1ccccc1)C(C)Oc1ccc(Oc2ccc(C(F)(F)F)cn2)cc1. The molecule has 0 aliphatic rings. The molecule has 3 rings (SSSR count). The largest absolute Gasteiger partial charge is 0.485 e. The van der Waals surface area contributed by atoms with Crippen LogP contribution in [-0.4, -0.2) is 23.7 Å². The Morgan fingerprint density at radius 2 is 1.71 bits per heavy atom. The van der Waals surface area contributed by atoms with Crippen LogP contribution < -0.4 is 14.8 Å². The molecule has 0 spiro atoms. The zero-order chi connectivity index (χ0) is 24.6. The number of aromatic nitrogens is 1. The van der Waals surface area contributed by atoms with E-state index in [9.17, 15) is 18.0 Å². The maximum atomic E-state index is 12.7. The van der Waals surface area contributed by atoms with Gasteiger partial charge in [0.15, 0.2) is 0 Å². The molecule has 0 fully saturated rings. The van der Waals surface area contributed by atoms with Crippen molar-refractivity contribution in [3.05, 3.63) is 90.3 Å². The Morgan fingerprint density at radius 1 is 1.03 bits per heavy atom. The first kappa shape index (κ1) is 24.6.